The highest BCUT2D eigenvalue weighted by Gasteiger charge is 1.86. The molecular weight excluding hydrogens is 166 g/mol. The van der Waals surface area contributed by atoms with Crippen molar-refractivity contribution in [1.29, 1.82) is 0 Å². The maximum atomic E-state index is 3.75. The van der Waals surface area contributed by atoms with Crippen LogP contribution in [-0.2, 0) is 0 Å². The van der Waals surface area contributed by atoms with Crippen LogP contribution in [0.15, 0.2) is 28.7 Å². The van der Waals surface area contributed by atoms with Crippen molar-refractivity contribution in [3.63, 3.8) is 0 Å². The van der Waals surface area contributed by atoms with Gasteiger partial charge in [-0.25, -0.2) is 0 Å². The molecule has 2 heteroatoms. The highest BCUT2D eigenvalue weighted by atomic mass is 79.9. The minimum absolute atomic E-state index is 1.04. The lowest BCUT2D eigenvalue weighted by atomic mass is 10.3. The molecule has 1 aromatic rings. The summed E-state index contributed by atoms with van der Waals surface area (Å²) in [6, 6.07) is 7.88. The van der Waals surface area contributed by atoms with E-state index in [9.17, 15) is 0 Å². The van der Waals surface area contributed by atoms with E-state index in [1.54, 1.807) is 0 Å². The molecule has 0 spiro atoms. The molecule has 0 aliphatic carbocycles. The summed E-state index contributed by atoms with van der Waals surface area (Å²) in [7, 11) is 0. The third kappa shape index (κ3) is 1.32. The van der Waals surface area contributed by atoms with Gasteiger partial charge >= 0.3 is 0 Å². The molecule has 0 unspecified atom stereocenters. The largest absolute Gasteiger partial charge is 0.325 e. The molecule has 1 rings (SSSR count). The highest BCUT2D eigenvalue weighted by molar-refractivity contribution is 9.10. The van der Waals surface area contributed by atoms with Gasteiger partial charge in [-0.15, -0.1) is 0 Å². The first kappa shape index (κ1) is 5.79. The van der Waals surface area contributed by atoms with Crippen LogP contribution < -0.4 is 5.73 Å². The van der Waals surface area contributed by atoms with Gasteiger partial charge in [-0.2, -0.15) is 0 Å². The van der Waals surface area contributed by atoms with Gasteiger partial charge in [0.25, 0.3) is 0 Å². The molecule has 42 valence electrons. The summed E-state index contributed by atoms with van der Waals surface area (Å²) in [6.45, 7) is 0. The van der Waals surface area contributed by atoms with Crippen LogP contribution in [0.3, 0.4) is 0 Å². The van der Waals surface area contributed by atoms with Gasteiger partial charge in [0.05, 0.1) is 0 Å². The van der Waals surface area contributed by atoms with Gasteiger partial charge in [0, 0.05) is 10.5 Å². The number of rotatable bonds is 0. The van der Waals surface area contributed by atoms with Crippen molar-refractivity contribution in [2.75, 3.05) is 0 Å². The monoisotopic (exact) mass is 172 g/mol. The molecule has 8 heavy (non-hydrogen) atoms. The Bertz CT molecular complexity index is 168. The first-order valence-corrected chi connectivity index (χ1v) is 3.16. The Morgan fingerprint density at radius 3 is 2.50 bits per heavy atom. The van der Waals surface area contributed by atoms with Gasteiger partial charge in [-0.3, -0.25) is 0 Å². The number of hydrogen-bond donors (Lipinski definition) is 1. The van der Waals surface area contributed by atoms with Gasteiger partial charge in [0.15, 0.2) is 0 Å². The average molecular weight is 173 g/mol. The van der Waals surface area contributed by atoms with Gasteiger partial charge in [-0.05, 0) is 12.1 Å². The van der Waals surface area contributed by atoms with Crippen LogP contribution in [0.2, 0.25) is 0 Å². The fourth-order valence-corrected chi connectivity index (χ4v) is 0.984. The summed E-state index contributed by atoms with van der Waals surface area (Å²) in [5.41, 5.74) is 4.79. The lowest BCUT2D eigenvalue weighted by Crippen LogP contribution is -2.39. The molecule has 0 bridgehead atoms. The van der Waals surface area contributed by atoms with Gasteiger partial charge < -0.3 is 5.73 Å². The molecule has 1 nitrogen and oxygen atoms in total. The normalized spacial score (nSPS) is 9.25. The van der Waals surface area contributed by atoms with Crippen molar-refractivity contribution in [3.8, 4) is 0 Å². The van der Waals surface area contributed by atoms with Crippen LogP contribution in [0.4, 0.5) is 5.69 Å². The minimum Gasteiger partial charge on any atom is -0.325 e. The molecule has 1 aromatic carbocycles. The number of quaternary nitrogens is 1. The molecule has 0 amide bonds. The number of hydrogen-bond acceptors (Lipinski definition) is 0. The van der Waals surface area contributed by atoms with Crippen molar-refractivity contribution in [1.82, 2.24) is 0 Å². The Hall–Kier alpha value is -0.340. The van der Waals surface area contributed by atoms with Crippen molar-refractivity contribution in [3.05, 3.63) is 28.7 Å². The quantitative estimate of drug-likeness (QED) is 0.612. The molecule has 0 fully saturated rings. The van der Waals surface area contributed by atoms with Crippen LogP contribution >= 0.6 is 15.9 Å². The SMILES string of the molecule is [NH3+]c1cccc(Br)c1. The van der Waals surface area contributed by atoms with Crippen molar-refractivity contribution >= 4 is 21.6 Å². The summed E-state index contributed by atoms with van der Waals surface area (Å²) >= 11 is 3.32. The molecular formula is C6H7BrN+. The first-order chi connectivity index (χ1) is 3.79. The van der Waals surface area contributed by atoms with Crippen molar-refractivity contribution in [2.45, 2.75) is 0 Å². The summed E-state index contributed by atoms with van der Waals surface area (Å²) < 4.78 is 1.09. The third-order valence-electron chi connectivity index (χ3n) is 0.889. The van der Waals surface area contributed by atoms with Crippen LogP contribution in [0, 0.1) is 0 Å². The Morgan fingerprint density at radius 1 is 1.38 bits per heavy atom. The predicted molar refractivity (Wildman–Crippen MR) is 36.7 cm³/mol. The lowest BCUT2D eigenvalue weighted by Gasteiger charge is -1.85. The number of benzene rings is 1. The Morgan fingerprint density at radius 2 is 2.12 bits per heavy atom. The van der Waals surface area contributed by atoms with E-state index >= 15 is 0 Å². The molecule has 0 heterocycles. The Balaban J connectivity index is 3.08. The van der Waals surface area contributed by atoms with Gasteiger partial charge in [0.2, 0.25) is 0 Å². The molecule has 0 atom stereocenters. The molecule has 0 saturated heterocycles. The second-order valence-corrected chi connectivity index (χ2v) is 2.55. The summed E-state index contributed by atoms with van der Waals surface area (Å²) in [6.07, 6.45) is 0. The zero-order chi connectivity index (χ0) is 5.98. The fourth-order valence-electron chi connectivity index (χ4n) is 0.537. The molecule has 0 radical (unpaired) electrons. The van der Waals surface area contributed by atoms with E-state index in [0.29, 0.717) is 0 Å². The smallest absolute Gasteiger partial charge is 0.129 e. The van der Waals surface area contributed by atoms with E-state index < -0.39 is 0 Å². The molecule has 3 N–H and O–H groups in total. The van der Waals surface area contributed by atoms with Gasteiger partial charge in [-0.1, -0.05) is 22.0 Å². The topological polar surface area (TPSA) is 27.6 Å². The number of halogens is 1. The van der Waals surface area contributed by atoms with Crippen molar-refractivity contribution in [2.24, 2.45) is 0 Å². The van der Waals surface area contributed by atoms with E-state index in [0.717, 1.165) is 10.2 Å². The van der Waals surface area contributed by atoms with Crippen LogP contribution in [-0.4, -0.2) is 0 Å². The second-order valence-electron chi connectivity index (χ2n) is 1.63. The molecule has 0 saturated carbocycles. The van der Waals surface area contributed by atoms with E-state index in [1.807, 2.05) is 24.3 Å². The highest BCUT2D eigenvalue weighted by Crippen LogP contribution is 2.10. The summed E-state index contributed by atoms with van der Waals surface area (Å²) in [5, 5.41) is 0. The van der Waals surface area contributed by atoms with E-state index in [4.69, 9.17) is 0 Å². The van der Waals surface area contributed by atoms with Crippen LogP contribution in [0.25, 0.3) is 0 Å². The van der Waals surface area contributed by atoms with Crippen LogP contribution in [0.1, 0.15) is 0 Å². The lowest BCUT2D eigenvalue weighted by molar-refractivity contribution is -0.254. The summed E-state index contributed by atoms with van der Waals surface area (Å²) in [4.78, 5) is 0. The van der Waals surface area contributed by atoms with E-state index in [2.05, 4.69) is 21.7 Å². The standard InChI is InChI=1S/C6H6BrN/c7-5-2-1-3-6(8)4-5/h1-4H,8H2/p+1. The maximum Gasteiger partial charge on any atom is 0.129 e. The van der Waals surface area contributed by atoms with E-state index in [-0.39, 0.29) is 0 Å². The van der Waals surface area contributed by atoms with E-state index in [1.165, 1.54) is 0 Å². The molecule has 0 aliphatic heterocycles. The molecule has 0 aliphatic rings. The fraction of sp³-hybridized carbons (Fsp3) is 0. The average Bonchev–Trinajstić information content (AvgIpc) is 1.64. The first-order valence-electron chi connectivity index (χ1n) is 2.36. The Kier molecular flexibility index (Phi) is 1.65. The van der Waals surface area contributed by atoms with Gasteiger partial charge in [0.1, 0.15) is 5.69 Å². The predicted octanol–water partition coefficient (Wildman–Crippen LogP) is 1.32. The Labute approximate surface area is 56.6 Å². The van der Waals surface area contributed by atoms with Crippen LogP contribution in [0.5, 0.6) is 0 Å². The third-order valence-corrected chi connectivity index (χ3v) is 1.38. The second kappa shape index (κ2) is 2.29. The minimum atomic E-state index is 1.04. The summed E-state index contributed by atoms with van der Waals surface area (Å²) in [5.74, 6) is 0. The maximum absolute atomic E-state index is 3.75. The zero-order valence-electron chi connectivity index (χ0n) is 4.39. The van der Waals surface area contributed by atoms with Crippen molar-refractivity contribution < 1.29 is 5.73 Å². The zero-order valence-corrected chi connectivity index (χ0v) is 5.98. The molecule has 0 aromatic heterocycles.